The van der Waals surface area contributed by atoms with Crippen molar-refractivity contribution in [3.63, 3.8) is 0 Å². The Morgan fingerprint density at radius 3 is 2.61 bits per heavy atom. The second kappa shape index (κ2) is 5.70. The van der Waals surface area contributed by atoms with Crippen LogP contribution >= 0.6 is 0 Å². The van der Waals surface area contributed by atoms with E-state index >= 15 is 0 Å². The molecule has 0 aromatic heterocycles. The van der Waals surface area contributed by atoms with Crippen LogP contribution in [-0.2, 0) is 16.0 Å². The van der Waals surface area contributed by atoms with Crippen molar-refractivity contribution in [3.05, 3.63) is 23.8 Å². The third kappa shape index (κ3) is 3.12. The standard InChI is InChI=1S/C12H18N2O4/c1-3-18-11(17)12(2,14-13)7-8-4-5-9(15)10(16)6-8/h4-6,14-16H,3,7,13H2,1-2H3/t12-/m1/s1. The van der Waals surface area contributed by atoms with Crippen LogP contribution in [0, 0.1) is 0 Å². The summed E-state index contributed by atoms with van der Waals surface area (Å²) in [5.74, 6) is 4.47. The van der Waals surface area contributed by atoms with Gasteiger partial charge in [-0.3, -0.25) is 5.84 Å². The van der Waals surface area contributed by atoms with Gasteiger partial charge in [-0.25, -0.2) is 10.2 Å². The minimum Gasteiger partial charge on any atom is -0.504 e. The Labute approximate surface area is 105 Å². The molecular weight excluding hydrogens is 236 g/mol. The fraction of sp³-hybridized carbons (Fsp3) is 0.417. The number of carbonyl (C=O) groups is 1. The van der Waals surface area contributed by atoms with Gasteiger partial charge in [-0.15, -0.1) is 0 Å². The van der Waals surface area contributed by atoms with Gasteiger partial charge in [0.15, 0.2) is 11.5 Å². The van der Waals surface area contributed by atoms with Gasteiger partial charge in [0, 0.05) is 6.42 Å². The zero-order valence-electron chi connectivity index (χ0n) is 10.4. The average Bonchev–Trinajstić information content (AvgIpc) is 2.34. The topological polar surface area (TPSA) is 105 Å². The van der Waals surface area contributed by atoms with Crippen LogP contribution in [0.15, 0.2) is 18.2 Å². The quantitative estimate of drug-likeness (QED) is 0.263. The lowest BCUT2D eigenvalue weighted by atomic mass is 9.93. The van der Waals surface area contributed by atoms with Gasteiger partial charge in [0.2, 0.25) is 0 Å². The number of nitrogens with one attached hydrogen (secondary N) is 1. The van der Waals surface area contributed by atoms with Crippen molar-refractivity contribution in [1.82, 2.24) is 5.43 Å². The monoisotopic (exact) mass is 254 g/mol. The maximum Gasteiger partial charge on any atom is 0.327 e. The molecule has 1 atom stereocenters. The van der Waals surface area contributed by atoms with E-state index < -0.39 is 11.5 Å². The molecule has 0 aliphatic rings. The third-order valence-electron chi connectivity index (χ3n) is 2.64. The van der Waals surface area contributed by atoms with Crippen LogP contribution in [0.2, 0.25) is 0 Å². The van der Waals surface area contributed by atoms with Crippen LogP contribution in [-0.4, -0.2) is 28.3 Å². The molecule has 0 amide bonds. The highest BCUT2D eigenvalue weighted by Crippen LogP contribution is 2.26. The highest BCUT2D eigenvalue weighted by atomic mass is 16.5. The first-order chi connectivity index (χ1) is 8.42. The van der Waals surface area contributed by atoms with E-state index in [2.05, 4.69) is 5.43 Å². The van der Waals surface area contributed by atoms with Crippen molar-refractivity contribution in [1.29, 1.82) is 0 Å². The Morgan fingerprint density at radius 1 is 1.44 bits per heavy atom. The van der Waals surface area contributed by atoms with Crippen molar-refractivity contribution in [2.24, 2.45) is 5.84 Å². The lowest BCUT2D eigenvalue weighted by Crippen LogP contribution is -2.55. The van der Waals surface area contributed by atoms with Crippen molar-refractivity contribution < 1.29 is 19.7 Å². The van der Waals surface area contributed by atoms with Crippen molar-refractivity contribution in [3.8, 4) is 11.5 Å². The predicted octanol–water partition coefficient (Wildman–Crippen LogP) is 0.425. The smallest absolute Gasteiger partial charge is 0.327 e. The number of hydrogen-bond donors (Lipinski definition) is 4. The van der Waals surface area contributed by atoms with E-state index in [0.29, 0.717) is 5.56 Å². The molecule has 6 heteroatoms. The first-order valence-corrected chi connectivity index (χ1v) is 5.59. The molecule has 0 fully saturated rings. The summed E-state index contributed by atoms with van der Waals surface area (Å²) in [7, 11) is 0. The van der Waals surface area contributed by atoms with Gasteiger partial charge >= 0.3 is 5.97 Å². The number of ether oxygens (including phenoxy) is 1. The van der Waals surface area contributed by atoms with E-state index in [4.69, 9.17) is 10.6 Å². The molecule has 0 saturated carbocycles. The highest BCUT2D eigenvalue weighted by molar-refractivity contribution is 5.80. The number of carbonyl (C=O) groups excluding carboxylic acids is 1. The van der Waals surface area contributed by atoms with Crippen LogP contribution in [0.3, 0.4) is 0 Å². The van der Waals surface area contributed by atoms with Crippen molar-refractivity contribution >= 4 is 5.97 Å². The minimum absolute atomic E-state index is 0.211. The van der Waals surface area contributed by atoms with Crippen molar-refractivity contribution in [2.75, 3.05) is 6.61 Å². The van der Waals surface area contributed by atoms with E-state index in [1.54, 1.807) is 19.9 Å². The second-order valence-corrected chi connectivity index (χ2v) is 4.20. The Morgan fingerprint density at radius 2 is 2.11 bits per heavy atom. The third-order valence-corrected chi connectivity index (χ3v) is 2.64. The number of hydrogen-bond acceptors (Lipinski definition) is 6. The maximum absolute atomic E-state index is 11.8. The molecule has 0 bridgehead atoms. The zero-order valence-corrected chi connectivity index (χ0v) is 10.4. The summed E-state index contributed by atoms with van der Waals surface area (Å²) >= 11 is 0. The Kier molecular flexibility index (Phi) is 4.52. The summed E-state index contributed by atoms with van der Waals surface area (Å²) in [6.07, 6.45) is 0.232. The normalized spacial score (nSPS) is 13.9. The molecule has 0 radical (unpaired) electrons. The van der Waals surface area contributed by atoms with Gasteiger partial charge in [-0.1, -0.05) is 6.07 Å². The van der Waals surface area contributed by atoms with Gasteiger partial charge in [0.25, 0.3) is 0 Å². The molecular formula is C12H18N2O4. The molecule has 1 aromatic carbocycles. The molecule has 0 spiro atoms. The molecule has 1 rings (SSSR count). The largest absolute Gasteiger partial charge is 0.504 e. The number of hydrazine groups is 1. The maximum atomic E-state index is 11.8. The van der Waals surface area contributed by atoms with Gasteiger partial charge in [0.05, 0.1) is 6.61 Å². The van der Waals surface area contributed by atoms with Crippen LogP contribution < -0.4 is 11.3 Å². The zero-order chi connectivity index (χ0) is 13.8. The van der Waals surface area contributed by atoms with E-state index in [-0.39, 0.29) is 24.5 Å². The van der Waals surface area contributed by atoms with E-state index in [1.807, 2.05) is 0 Å². The van der Waals surface area contributed by atoms with Crippen molar-refractivity contribution in [2.45, 2.75) is 25.8 Å². The van der Waals surface area contributed by atoms with Gasteiger partial charge in [0.1, 0.15) is 5.54 Å². The molecule has 1 aromatic rings. The molecule has 100 valence electrons. The number of nitrogens with two attached hydrogens (primary N) is 1. The Bertz CT molecular complexity index is 436. The molecule has 6 nitrogen and oxygen atoms in total. The van der Waals surface area contributed by atoms with Crippen LogP contribution in [0.4, 0.5) is 0 Å². The fourth-order valence-corrected chi connectivity index (χ4v) is 1.56. The number of phenols is 2. The average molecular weight is 254 g/mol. The minimum atomic E-state index is -1.08. The molecule has 0 heterocycles. The lowest BCUT2D eigenvalue weighted by molar-refractivity contribution is -0.150. The molecule has 0 aliphatic heterocycles. The van der Waals surface area contributed by atoms with E-state index in [9.17, 15) is 15.0 Å². The SMILES string of the molecule is CCOC(=O)[C@@](C)(Cc1ccc(O)c(O)c1)NN. The highest BCUT2D eigenvalue weighted by Gasteiger charge is 2.33. The molecule has 18 heavy (non-hydrogen) atoms. The number of benzene rings is 1. The summed E-state index contributed by atoms with van der Waals surface area (Å²) in [4.78, 5) is 11.8. The second-order valence-electron chi connectivity index (χ2n) is 4.20. The van der Waals surface area contributed by atoms with E-state index in [0.717, 1.165) is 0 Å². The molecule has 0 aliphatic carbocycles. The van der Waals surface area contributed by atoms with Crippen LogP contribution in [0.25, 0.3) is 0 Å². The van der Waals surface area contributed by atoms with Crippen LogP contribution in [0.1, 0.15) is 19.4 Å². The lowest BCUT2D eigenvalue weighted by Gasteiger charge is -2.26. The first kappa shape index (κ1) is 14.3. The van der Waals surface area contributed by atoms with Gasteiger partial charge in [-0.05, 0) is 31.5 Å². The predicted molar refractivity (Wildman–Crippen MR) is 65.8 cm³/mol. The number of rotatable bonds is 5. The van der Waals surface area contributed by atoms with Gasteiger partial charge < -0.3 is 14.9 Å². The fourth-order valence-electron chi connectivity index (χ4n) is 1.56. The first-order valence-electron chi connectivity index (χ1n) is 5.59. The number of phenolic OH excluding ortho intramolecular Hbond substituents is 2. The Balaban J connectivity index is 2.91. The Hall–Kier alpha value is -1.79. The van der Waals surface area contributed by atoms with E-state index in [1.165, 1.54) is 12.1 Å². The molecule has 0 saturated heterocycles. The van der Waals surface area contributed by atoms with Gasteiger partial charge in [-0.2, -0.15) is 0 Å². The number of aromatic hydroxyl groups is 2. The number of esters is 1. The summed E-state index contributed by atoms with van der Waals surface area (Å²) in [6, 6.07) is 4.33. The summed E-state index contributed by atoms with van der Waals surface area (Å²) in [5, 5.41) is 18.6. The summed E-state index contributed by atoms with van der Waals surface area (Å²) in [6.45, 7) is 3.58. The van der Waals surface area contributed by atoms with Crippen LogP contribution in [0.5, 0.6) is 11.5 Å². The molecule has 0 unspecified atom stereocenters. The molecule has 5 N–H and O–H groups in total. The summed E-state index contributed by atoms with van der Waals surface area (Å²) < 4.78 is 4.93. The summed E-state index contributed by atoms with van der Waals surface area (Å²) in [5.41, 5.74) is 1.99.